The summed E-state index contributed by atoms with van der Waals surface area (Å²) in [6.45, 7) is 1.44. The first-order valence-electron chi connectivity index (χ1n) is 11.2. The topological polar surface area (TPSA) is 156 Å². The summed E-state index contributed by atoms with van der Waals surface area (Å²) in [7, 11) is -0.0493. The lowest BCUT2D eigenvalue weighted by Crippen LogP contribution is -2.33. The third-order valence-corrected chi connectivity index (χ3v) is 7.97. The van der Waals surface area contributed by atoms with Crippen LogP contribution in [-0.4, -0.2) is 75.9 Å². The predicted octanol–water partition coefficient (Wildman–Crippen LogP) is 2.64. The third kappa shape index (κ3) is 5.43. The van der Waals surface area contributed by atoms with E-state index in [0.29, 0.717) is 23.7 Å². The van der Waals surface area contributed by atoms with Gasteiger partial charge in [-0.2, -0.15) is 9.97 Å². The van der Waals surface area contributed by atoms with E-state index in [9.17, 15) is 12.8 Å². The molecule has 2 unspecified atom stereocenters. The van der Waals surface area contributed by atoms with Crippen molar-refractivity contribution < 1.29 is 27.0 Å². The zero-order valence-electron chi connectivity index (χ0n) is 20.5. The van der Waals surface area contributed by atoms with Gasteiger partial charge in [-0.05, 0) is 26.2 Å². The molecule has 0 spiro atoms. The van der Waals surface area contributed by atoms with Gasteiger partial charge in [0.15, 0.2) is 11.5 Å². The highest BCUT2D eigenvalue weighted by molar-refractivity contribution is 7.93. The molecule has 1 aliphatic carbocycles. The monoisotopic (exact) mass is 556 g/mol. The second-order valence-corrected chi connectivity index (χ2v) is 10.8. The van der Waals surface area contributed by atoms with Crippen molar-refractivity contribution in [3.05, 3.63) is 35.4 Å². The molecule has 0 saturated heterocycles. The van der Waals surface area contributed by atoms with Crippen LogP contribution in [0.15, 0.2) is 18.7 Å². The largest absolute Gasteiger partial charge is 0.479 e. The Bertz CT molecular complexity index is 1320. The number of nitrogens with one attached hydrogen (secondary N) is 1. The van der Waals surface area contributed by atoms with E-state index in [1.54, 1.807) is 0 Å². The normalized spacial score (nSPS) is 19.4. The Balaban J connectivity index is 1.78. The second kappa shape index (κ2) is 11.1. The number of nitrogens with zero attached hydrogens (tertiary/aromatic N) is 7. The maximum atomic E-state index is 14.1. The van der Waals surface area contributed by atoms with Gasteiger partial charge < -0.3 is 14.2 Å². The van der Waals surface area contributed by atoms with Gasteiger partial charge in [0, 0.05) is 25.4 Å². The fourth-order valence-electron chi connectivity index (χ4n) is 4.20. The Morgan fingerprint density at radius 3 is 2.27 bits per heavy atom. The Labute approximate surface area is 217 Å². The predicted molar refractivity (Wildman–Crippen MR) is 130 cm³/mol. The van der Waals surface area contributed by atoms with Crippen LogP contribution in [0.1, 0.15) is 49.9 Å². The average Bonchev–Trinajstić information content (AvgIpc) is 3.50. The molecule has 13 nitrogen and oxygen atoms in total. The van der Waals surface area contributed by atoms with Gasteiger partial charge in [-0.25, -0.2) is 22.8 Å². The highest BCUT2D eigenvalue weighted by Crippen LogP contribution is 2.40. The van der Waals surface area contributed by atoms with Crippen LogP contribution >= 0.6 is 11.6 Å². The minimum Gasteiger partial charge on any atom is -0.479 e. The molecular formula is C21H26ClFN8O5S. The first-order chi connectivity index (χ1) is 17.7. The van der Waals surface area contributed by atoms with E-state index in [1.165, 1.54) is 51.5 Å². The van der Waals surface area contributed by atoms with Crippen molar-refractivity contribution in [1.29, 1.82) is 0 Å². The molecule has 4 rings (SSSR count). The number of hydrogen-bond donors (Lipinski definition) is 1. The lowest BCUT2D eigenvalue weighted by molar-refractivity contribution is 0.0950. The number of hydrogen-bond acceptors (Lipinski definition) is 11. The standard InChI is InChI=1S/C21H26ClFN8O5S/c1-11(16(34-2)17-24-8-13(22)9-25-17)37(32,33)30-21-29-28-18(12-5-6-14(23)7-12)31(21)15-19(35-3)26-10-27-20(15)36-4/h8-12,14,16H,5-7H2,1-4H3,(H,29,30)/t11-,12?,14?,16-/m0/s1. The van der Waals surface area contributed by atoms with Gasteiger partial charge in [0.2, 0.25) is 27.7 Å². The van der Waals surface area contributed by atoms with Crippen LogP contribution in [0.3, 0.4) is 0 Å². The smallest absolute Gasteiger partial charge is 0.245 e. The molecule has 200 valence electrons. The van der Waals surface area contributed by atoms with Gasteiger partial charge in [0.1, 0.15) is 29.7 Å². The minimum absolute atomic E-state index is 0.0838. The summed E-state index contributed by atoms with van der Waals surface area (Å²) in [4.78, 5) is 16.4. The molecular weight excluding hydrogens is 531 g/mol. The summed E-state index contributed by atoms with van der Waals surface area (Å²) in [5.41, 5.74) is 0.171. The third-order valence-electron chi connectivity index (χ3n) is 6.09. The van der Waals surface area contributed by atoms with E-state index in [0.717, 1.165) is 0 Å². The Morgan fingerprint density at radius 2 is 1.73 bits per heavy atom. The van der Waals surface area contributed by atoms with Gasteiger partial charge in [-0.3, -0.25) is 9.29 Å². The fourth-order valence-corrected chi connectivity index (χ4v) is 5.43. The van der Waals surface area contributed by atoms with Crippen molar-refractivity contribution in [1.82, 2.24) is 34.7 Å². The number of sulfonamides is 1. The van der Waals surface area contributed by atoms with Crippen LogP contribution in [0.4, 0.5) is 10.3 Å². The zero-order valence-corrected chi connectivity index (χ0v) is 22.1. The first-order valence-corrected chi connectivity index (χ1v) is 13.2. The number of rotatable bonds is 10. The fraction of sp³-hybridized carbons (Fsp3) is 0.524. The van der Waals surface area contributed by atoms with Crippen LogP contribution in [0, 0.1) is 0 Å². The molecule has 3 aromatic rings. The summed E-state index contributed by atoms with van der Waals surface area (Å²) in [6.07, 6.45) is 2.95. The van der Waals surface area contributed by atoms with Crippen molar-refractivity contribution in [3.63, 3.8) is 0 Å². The summed E-state index contributed by atoms with van der Waals surface area (Å²) in [5.74, 6) is 0.110. The van der Waals surface area contributed by atoms with Crippen LogP contribution in [-0.2, 0) is 14.8 Å². The molecule has 3 heterocycles. The molecule has 1 saturated carbocycles. The van der Waals surface area contributed by atoms with E-state index in [2.05, 4.69) is 34.9 Å². The van der Waals surface area contributed by atoms with Gasteiger partial charge in [-0.1, -0.05) is 11.6 Å². The van der Waals surface area contributed by atoms with E-state index in [1.807, 2.05) is 0 Å². The summed E-state index contributed by atoms with van der Waals surface area (Å²) >= 11 is 5.86. The Kier molecular flexibility index (Phi) is 8.04. The molecule has 3 aromatic heterocycles. The van der Waals surface area contributed by atoms with Gasteiger partial charge in [0.05, 0.1) is 19.2 Å². The molecule has 0 aromatic carbocycles. The number of methoxy groups -OCH3 is 3. The highest BCUT2D eigenvalue weighted by atomic mass is 35.5. The van der Waals surface area contributed by atoms with Crippen LogP contribution in [0.25, 0.3) is 5.69 Å². The van der Waals surface area contributed by atoms with E-state index < -0.39 is 27.5 Å². The molecule has 4 atom stereocenters. The molecule has 0 radical (unpaired) electrons. The quantitative estimate of drug-likeness (QED) is 0.391. The minimum atomic E-state index is -4.18. The number of halogens is 2. The zero-order chi connectivity index (χ0) is 26.7. The molecule has 1 aliphatic rings. The van der Waals surface area contributed by atoms with E-state index in [-0.39, 0.29) is 41.6 Å². The number of anilines is 1. The maximum Gasteiger partial charge on any atom is 0.245 e. The summed E-state index contributed by atoms with van der Waals surface area (Å²) < 4.78 is 61.2. The first kappa shape index (κ1) is 26.9. The molecule has 1 N–H and O–H groups in total. The van der Waals surface area contributed by atoms with Crippen LogP contribution in [0.2, 0.25) is 5.02 Å². The molecule has 0 bridgehead atoms. The Morgan fingerprint density at radius 1 is 1.08 bits per heavy atom. The summed E-state index contributed by atoms with van der Waals surface area (Å²) in [6, 6.07) is 0. The van der Waals surface area contributed by atoms with Crippen LogP contribution in [0.5, 0.6) is 11.8 Å². The maximum absolute atomic E-state index is 14.1. The van der Waals surface area contributed by atoms with Gasteiger partial charge in [-0.15, -0.1) is 10.2 Å². The number of aromatic nitrogens is 7. The van der Waals surface area contributed by atoms with Crippen molar-refractivity contribution in [2.75, 3.05) is 26.1 Å². The lowest BCUT2D eigenvalue weighted by atomic mass is 10.1. The lowest BCUT2D eigenvalue weighted by Gasteiger charge is -2.23. The SMILES string of the molecule is COc1ncnc(OC)c1-n1c(NS(=O)(=O)[C@@H](C)[C@H](OC)c2ncc(Cl)cn2)nnc1C1CCC(F)C1. The van der Waals surface area contributed by atoms with Crippen molar-refractivity contribution in [2.45, 2.75) is 49.6 Å². The van der Waals surface area contributed by atoms with E-state index in [4.69, 9.17) is 25.8 Å². The average molecular weight is 557 g/mol. The molecule has 16 heteroatoms. The molecule has 37 heavy (non-hydrogen) atoms. The van der Waals surface area contributed by atoms with Gasteiger partial charge >= 0.3 is 0 Å². The second-order valence-electron chi connectivity index (χ2n) is 8.33. The highest BCUT2D eigenvalue weighted by Gasteiger charge is 2.37. The molecule has 1 fully saturated rings. The van der Waals surface area contributed by atoms with Crippen molar-refractivity contribution in [3.8, 4) is 17.4 Å². The van der Waals surface area contributed by atoms with Crippen molar-refractivity contribution in [2.24, 2.45) is 0 Å². The summed E-state index contributed by atoms with van der Waals surface area (Å²) in [5, 5.41) is 7.43. The Hall–Kier alpha value is -3.17. The molecule has 0 amide bonds. The van der Waals surface area contributed by atoms with Gasteiger partial charge in [0.25, 0.3) is 0 Å². The number of alkyl halides is 1. The van der Waals surface area contributed by atoms with E-state index >= 15 is 0 Å². The number of ether oxygens (including phenoxy) is 3. The molecule has 0 aliphatic heterocycles. The van der Waals surface area contributed by atoms with Crippen LogP contribution < -0.4 is 14.2 Å². The van der Waals surface area contributed by atoms with Crippen molar-refractivity contribution >= 4 is 27.6 Å².